The average molecular weight is 296 g/mol. The van der Waals surface area contributed by atoms with Crippen LogP contribution >= 0.6 is 23.1 Å². The van der Waals surface area contributed by atoms with Gasteiger partial charge in [0.1, 0.15) is 16.5 Å². The Bertz CT molecular complexity index is 535. The lowest BCUT2D eigenvalue weighted by Gasteiger charge is -2.01. The van der Waals surface area contributed by atoms with Crippen molar-refractivity contribution >= 4 is 28.1 Å². The number of nitrogen functional groups attached to an aromatic ring is 1. The summed E-state index contributed by atoms with van der Waals surface area (Å²) in [6, 6.07) is 6.28. The molecule has 0 saturated heterocycles. The summed E-state index contributed by atoms with van der Waals surface area (Å²) in [6.07, 6.45) is 1.16. The molecule has 19 heavy (non-hydrogen) atoms. The lowest BCUT2D eigenvalue weighted by Crippen LogP contribution is -1.89. The first-order valence-corrected chi connectivity index (χ1v) is 8.01. The van der Waals surface area contributed by atoms with Gasteiger partial charge >= 0.3 is 0 Å². The third-order valence-electron chi connectivity index (χ3n) is 2.67. The standard InChI is InChI=1S/C14H17FN2S2/c1-9(2)7-8-18-14-17-12(13(16)19-14)10-3-5-11(15)6-4-10/h3-6,9H,7-8,16H2,1-2H3. The number of aromatic nitrogens is 1. The summed E-state index contributed by atoms with van der Waals surface area (Å²) >= 11 is 3.24. The van der Waals surface area contributed by atoms with Gasteiger partial charge in [-0.3, -0.25) is 0 Å². The Morgan fingerprint density at radius 1 is 1.32 bits per heavy atom. The van der Waals surface area contributed by atoms with Gasteiger partial charge in [0.2, 0.25) is 0 Å². The lowest BCUT2D eigenvalue weighted by molar-refractivity contribution is 0.628. The molecule has 0 atom stereocenters. The maximum absolute atomic E-state index is 12.9. The zero-order valence-electron chi connectivity index (χ0n) is 11.0. The van der Waals surface area contributed by atoms with Crippen LogP contribution in [0.1, 0.15) is 20.3 Å². The van der Waals surface area contributed by atoms with Crippen LogP contribution in [0.5, 0.6) is 0 Å². The highest BCUT2D eigenvalue weighted by molar-refractivity contribution is 8.01. The average Bonchev–Trinajstić information content (AvgIpc) is 2.71. The van der Waals surface area contributed by atoms with Gasteiger partial charge in [0.25, 0.3) is 0 Å². The van der Waals surface area contributed by atoms with Crippen LogP contribution in [0.2, 0.25) is 0 Å². The molecule has 2 aromatic rings. The number of benzene rings is 1. The Kier molecular flexibility index (Phi) is 4.82. The second-order valence-corrected chi connectivity index (χ2v) is 7.10. The van der Waals surface area contributed by atoms with Gasteiger partial charge < -0.3 is 5.73 Å². The van der Waals surface area contributed by atoms with Crippen molar-refractivity contribution < 1.29 is 4.39 Å². The van der Waals surface area contributed by atoms with Crippen LogP contribution in [0.25, 0.3) is 11.3 Å². The Morgan fingerprint density at radius 3 is 2.63 bits per heavy atom. The first-order chi connectivity index (χ1) is 9.06. The van der Waals surface area contributed by atoms with Gasteiger partial charge in [0.15, 0.2) is 4.34 Å². The van der Waals surface area contributed by atoms with Crippen molar-refractivity contribution in [3.8, 4) is 11.3 Å². The molecule has 1 aromatic heterocycles. The van der Waals surface area contributed by atoms with Gasteiger partial charge in [-0.15, -0.1) is 0 Å². The van der Waals surface area contributed by atoms with E-state index < -0.39 is 0 Å². The molecule has 0 bridgehead atoms. The topological polar surface area (TPSA) is 38.9 Å². The minimum atomic E-state index is -0.246. The van der Waals surface area contributed by atoms with Gasteiger partial charge in [0.05, 0.1) is 0 Å². The van der Waals surface area contributed by atoms with E-state index in [1.54, 1.807) is 23.9 Å². The summed E-state index contributed by atoms with van der Waals surface area (Å²) in [5.41, 5.74) is 7.62. The molecule has 0 radical (unpaired) electrons. The molecule has 102 valence electrons. The van der Waals surface area contributed by atoms with Gasteiger partial charge in [-0.2, -0.15) is 0 Å². The van der Waals surface area contributed by atoms with Crippen molar-refractivity contribution in [1.82, 2.24) is 4.98 Å². The fraction of sp³-hybridized carbons (Fsp3) is 0.357. The molecule has 2 rings (SSSR count). The van der Waals surface area contributed by atoms with Crippen LogP contribution < -0.4 is 5.73 Å². The first kappa shape index (κ1) is 14.3. The number of rotatable bonds is 5. The fourth-order valence-electron chi connectivity index (χ4n) is 1.57. The molecule has 0 amide bonds. The number of halogens is 1. The van der Waals surface area contributed by atoms with Gasteiger partial charge in [-0.1, -0.05) is 36.9 Å². The van der Waals surface area contributed by atoms with Gasteiger partial charge in [-0.25, -0.2) is 9.37 Å². The van der Waals surface area contributed by atoms with Crippen molar-refractivity contribution in [2.45, 2.75) is 24.6 Å². The minimum absolute atomic E-state index is 0.246. The molecular formula is C14H17FN2S2. The van der Waals surface area contributed by atoms with Crippen LogP contribution in [0.15, 0.2) is 28.6 Å². The first-order valence-electron chi connectivity index (χ1n) is 6.21. The lowest BCUT2D eigenvalue weighted by atomic mass is 10.2. The third-order valence-corrected chi connectivity index (χ3v) is 4.73. The zero-order chi connectivity index (χ0) is 13.8. The van der Waals surface area contributed by atoms with E-state index >= 15 is 0 Å². The van der Waals surface area contributed by atoms with Crippen molar-refractivity contribution in [2.75, 3.05) is 11.5 Å². The van der Waals surface area contributed by atoms with E-state index in [4.69, 9.17) is 5.73 Å². The van der Waals surface area contributed by atoms with Crippen molar-refractivity contribution in [3.63, 3.8) is 0 Å². The molecule has 0 saturated carbocycles. The second-order valence-electron chi connectivity index (χ2n) is 4.73. The highest BCUT2D eigenvalue weighted by Gasteiger charge is 2.11. The molecule has 2 N–H and O–H groups in total. The number of anilines is 1. The Hall–Kier alpha value is -1.07. The molecule has 1 aromatic carbocycles. The third kappa shape index (κ3) is 3.94. The van der Waals surface area contributed by atoms with Crippen LogP contribution in [0, 0.1) is 11.7 Å². The number of hydrogen-bond donors (Lipinski definition) is 1. The van der Waals surface area contributed by atoms with Crippen LogP contribution in [-0.4, -0.2) is 10.7 Å². The summed E-state index contributed by atoms with van der Waals surface area (Å²) in [5, 5.41) is 0.693. The molecule has 1 heterocycles. The van der Waals surface area contributed by atoms with E-state index in [2.05, 4.69) is 18.8 Å². The predicted molar refractivity (Wildman–Crippen MR) is 82.1 cm³/mol. The van der Waals surface area contributed by atoms with Crippen LogP contribution in [-0.2, 0) is 0 Å². The molecule has 0 fully saturated rings. The Morgan fingerprint density at radius 2 is 2.00 bits per heavy atom. The monoisotopic (exact) mass is 296 g/mol. The molecule has 5 heteroatoms. The van der Waals surface area contributed by atoms with Crippen molar-refractivity contribution in [1.29, 1.82) is 0 Å². The number of nitrogens with two attached hydrogens (primary N) is 1. The fourth-order valence-corrected chi connectivity index (χ4v) is 3.83. The van der Waals surface area contributed by atoms with Crippen molar-refractivity contribution in [2.24, 2.45) is 5.92 Å². The predicted octanol–water partition coefficient (Wildman–Crippen LogP) is 4.67. The number of thiazole rings is 1. The smallest absolute Gasteiger partial charge is 0.152 e. The summed E-state index contributed by atoms with van der Waals surface area (Å²) < 4.78 is 13.9. The molecule has 0 aliphatic carbocycles. The molecular weight excluding hydrogens is 279 g/mol. The quantitative estimate of drug-likeness (QED) is 0.815. The maximum atomic E-state index is 12.9. The van der Waals surface area contributed by atoms with Gasteiger partial charge in [-0.05, 0) is 36.6 Å². The Balaban J connectivity index is 2.10. The molecule has 0 aliphatic heterocycles. The molecule has 2 nitrogen and oxygen atoms in total. The summed E-state index contributed by atoms with van der Waals surface area (Å²) in [4.78, 5) is 4.54. The van der Waals surface area contributed by atoms with E-state index in [9.17, 15) is 4.39 Å². The summed E-state index contributed by atoms with van der Waals surface area (Å²) in [7, 11) is 0. The van der Waals surface area contributed by atoms with E-state index in [0.29, 0.717) is 10.9 Å². The summed E-state index contributed by atoms with van der Waals surface area (Å²) in [5.74, 6) is 1.50. The zero-order valence-corrected chi connectivity index (χ0v) is 12.7. The van der Waals surface area contributed by atoms with E-state index in [-0.39, 0.29) is 5.82 Å². The normalized spacial score (nSPS) is 11.2. The molecule has 0 unspecified atom stereocenters. The van der Waals surface area contributed by atoms with Gasteiger partial charge in [0, 0.05) is 11.3 Å². The van der Waals surface area contributed by atoms with E-state index in [1.165, 1.54) is 23.5 Å². The molecule has 0 spiro atoms. The van der Waals surface area contributed by atoms with Crippen molar-refractivity contribution in [3.05, 3.63) is 30.1 Å². The number of nitrogens with zero attached hydrogens (tertiary/aromatic N) is 1. The number of hydrogen-bond acceptors (Lipinski definition) is 4. The highest BCUT2D eigenvalue weighted by atomic mass is 32.2. The van der Waals surface area contributed by atoms with Crippen LogP contribution in [0.3, 0.4) is 0 Å². The highest BCUT2D eigenvalue weighted by Crippen LogP contribution is 2.35. The second kappa shape index (κ2) is 6.39. The SMILES string of the molecule is CC(C)CCSc1nc(-c2ccc(F)cc2)c(N)s1. The Labute approximate surface area is 121 Å². The van der Waals surface area contributed by atoms with Crippen LogP contribution in [0.4, 0.5) is 9.39 Å². The largest absolute Gasteiger partial charge is 0.389 e. The minimum Gasteiger partial charge on any atom is -0.389 e. The van der Waals surface area contributed by atoms with E-state index in [1.807, 2.05) is 0 Å². The maximum Gasteiger partial charge on any atom is 0.152 e. The number of thioether (sulfide) groups is 1. The summed E-state index contributed by atoms with van der Waals surface area (Å²) in [6.45, 7) is 4.42. The van der Waals surface area contributed by atoms with E-state index in [0.717, 1.165) is 27.8 Å². The molecule has 0 aliphatic rings.